The number of aromatic nitrogens is 1. The van der Waals surface area contributed by atoms with Crippen LogP contribution in [0.15, 0.2) is 30.5 Å². The number of carboxylic acids is 1. The summed E-state index contributed by atoms with van der Waals surface area (Å²) in [6.07, 6.45) is 1.70. The highest BCUT2D eigenvalue weighted by atomic mass is 16.4. The first kappa shape index (κ1) is 23.8. The molecule has 168 valence electrons. The van der Waals surface area contributed by atoms with Crippen LogP contribution >= 0.6 is 0 Å². The zero-order valence-corrected chi connectivity index (χ0v) is 16.5. The summed E-state index contributed by atoms with van der Waals surface area (Å²) in [6, 6.07) is 3.42. The summed E-state index contributed by atoms with van der Waals surface area (Å²) in [5.74, 6) is -3.77. The lowest BCUT2D eigenvalue weighted by Crippen LogP contribution is -2.57. The number of benzene rings is 1. The van der Waals surface area contributed by atoms with Crippen LogP contribution in [0.25, 0.3) is 10.9 Å². The van der Waals surface area contributed by atoms with Crippen LogP contribution in [0.4, 0.5) is 0 Å². The Morgan fingerprint density at radius 1 is 0.968 bits per heavy atom. The number of aliphatic hydroxyl groups is 2. The van der Waals surface area contributed by atoms with Crippen molar-refractivity contribution in [3.63, 3.8) is 0 Å². The number of hydrogen-bond donors (Lipinski definition) is 8. The number of nitrogens with two attached hydrogens (primary N) is 1. The molecule has 0 spiro atoms. The van der Waals surface area contributed by atoms with E-state index in [-0.39, 0.29) is 6.42 Å². The Labute approximate surface area is 176 Å². The van der Waals surface area contributed by atoms with Crippen molar-refractivity contribution in [1.82, 2.24) is 20.9 Å². The molecule has 31 heavy (non-hydrogen) atoms. The van der Waals surface area contributed by atoms with Crippen LogP contribution in [-0.4, -0.2) is 81.9 Å². The first-order chi connectivity index (χ1) is 14.8. The molecule has 0 fully saturated rings. The molecule has 3 atom stereocenters. The van der Waals surface area contributed by atoms with Gasteiger partial charge in [0.15, 0.2) is 0 Å². The van der Waals surface area contributed by atoms with Crippen molar-refractivity contribution in [3.05, 3.63) is 36.0 Å². The Bertz CT molecular complexity index is 945. The molecule has 12 nitrogen and oxygen atoms in total. The quantitative estimate of drug-likeness (QED) is 0.184. The number of carbonyl (C=O) groups excluding carboxylic acids is 3. The van der Waals surface area contributed by atoms with E-state index in [1.807, 2.05) is 24.3 Å². The minimum absolute atomic E-state index is 0.0224. The molecule has 0 saturated carbocycles. The van der Waals surface area contributed by atoms with E-state index >= 15 is 0 Å². The molecule has 3 amide bonds. The lowest BCUT2D eigenvalue weighted by atomic mass is 10.0. The van der Waals surface area contributed by atoms with E-state index in [0.717, 1.165) is 10.9 Å². The lowest BCUT2D eigenvalue weighted by molar-refractivity contribution is -0.139. The molecule has 0 aliphatic heterocycles. The molecule has 2 rings (SSSR count). The Morgan fingerprint density at radius 3 is 2.29 bits per heavy atom. The van der Waals surface area contributed by atoms with Gasteiger partial charge in [-0.25, -0.2) is 0 Å². The summed E-state index contributed by atoms with van der Waals surface area (Å²) in [5, 5.41) is 34.8. The van der Waals surface area contributed by atoms with E-state index in [9.17, 15) is 24.3 Å². The summed E-state index contributed by atoms with van der Waals surface area (Å²) < 4.78 is 0. The highest BCUT2D eigenvalue weighted by molar-refractivity contribution is 5.94. The smallest absolute Gasteiger partial charge is 0.322 e. The van der Waals surface area contributed by atoms with Crippen LogP contribution in [0, 0.1) is 0 Å². The molecule has 0 aliphatic rings. The molecular weight excluding hydrogens is 410 g/mol. The molecule has 9 N–H and O–H groups in total. The van der Waals surface area contributed by atoms with Gasteiger partial charge in [0.25, 0.3) is 0 Å². The molecule has 12 heteroatoms. The summed E-state index contributed by atoms with van der Waals surface area (Å²) in [7, 11) is 0. The monoisotopic (exact) mass is 435 g/mol. The minimum Gasteiger partial charge on any atom is -0.480 e. The van der Waals surface area contributed by atoms with Crippen molar-refractivity contribution in [2.45, 2.75) is 24.5 Å². The zero-order valence-electron chi connectivity index (χ0n) is 16.5. The van der Waals surface area contributed by atoms with Crippen molar-refractivity contribution in [2.24, 2.45) is 5.73 Å². The van der Waals surface area contributed by atoms with Crippen LogP contribution in [0.5, 0.6) is 0 Å². The minimum atomic E-state index is -1.43. The largest absolute Gasteiger partial charge is 0.480 e. The average molecular weight is 435 g/mol. The fraction of sp³-hybridized carbons (Fsp3) is 0.368. The van der Waals surface area contributed by atoms with Crippen molar-refractivity contribution >= 4 is 34.6 Å². The molecule has 1 aromatic heterocycles. The lowest BCUT2D eigenvalue weighted by Gasteiger charge is -2.23. The first-order valence-electron chi connectivity index (χ1n) is 9.39. The van der Waals surface area contributed by atoms with Crippen LogP contribution in [0.2, 0.25) is 0 Å². The molecule has 1 heterocycles. The molecule has 1 aromatic carbocycles. The number of nitrogens with one attached hydrogen (secondary N) is 4. The van der Waals surface area contributed by atoms with Crippen molar-refractivity contribution < 1.29 is 34.5 Å². The summed E-state index contributed by atoms with van der Waals surface area (Å²) >= 11 is 0. The van der Waals surface area contributed by atoms with Crippen LogP contribution < -0.4 is 21.7 Å². The first-order valence-corrected chi connectivity index (χ1v) is 9.39. The number of para-hydroxylation sites is 1. The van der Waals surface area contributed by atoms with E-state index in [1.165, 1.54) is 0 Å². The van der Waals surface area contributed by atoms with Gasteiger partial charge in [0, 0.05) is 23.5 Å². The Kier molecular flexibility index (Phi) is 8.49. The SMILES string of the molecule is NC(CO)C(=O)NC(Cc1c[nH]c2ccccc12)C(=O)NC(CO)C(=O)NCC(=O)O. The third-order valence-corrected chi connectivity index (χ3v) is 4.49. The highest BCUT2D eigenvalue weighted by Gasteiger charge is 2.28. The Balaban J connectivity index is 2.20. The van der Waals surface area contributed by atoms with Crippen LogP contribution in [0.3, 0.4) is 0 Å². The number of H-pyrrole nitrogens is 1. The van der Waals surface area contributed by atoms with Gasteiger partial charge in [0.2, 0.25) is 17.7 Å². The van der Waals surface area contributed by atoms with Crippen molar-refractivity contribution in [2.75, 3.05) is 19.8 Å². The fourth-order valence-electron chi connectivity index (χ4n) is 2.84. The van der Waals surface area contributed by atoms with E-state index < -0.39 is 61.6 Å². The summed E-state index contributed by atoms with van der Waals surface area (Å²) in [4.78, 5) is 50.6. The number of aliphatic carboxylic acids is 1. The number of fused-ring (bicyclic) bond motifs is 1. The maximum atomic E-state index is 12.8. The van der Waals surface area contributed by atoms with Crippen molar-refractivity contribution in [3.8, 4) is 0 Å². The Morgan fingerprint density at radius 2 is 1.65 bits per heavy atom. The van der Waals surface area contributed by atoms with Gasteiger partial charge in [-0.05, 0) is 11.6 Å². The third kappa shape index (κ3) is 6.50. The molecule has 3 unspecified atom stereocenters. The third-order valence-electron chi connectivity index (χ3n) is 4.49. The number of rotatable bonds is 11. The van der Waals surface area contributed by atoms with Gasteiger partial charge in [0.05, 0.1) is 13.2 Å². The van der Waals surface area contributed by atoms with Gasteiger partial charge in [-0.1, -0.05) is 18.2 Å². The molecule has 0 aliphatic carbocycles. The van der Waals surface area contributed by atoms with Gasteiger partial charge >= 0.3 is 5.97 Å². The fourth-order valence-corrected chi connectivity index (χ4v) is 2.84. The standard InChI is InChI=1S/C19H25N5O7/c20-12(8-25)17(29)23-14(5-10-6-21-13-4-2-1-3-11(10)13)19(31)24-15(9-26)18(30)22-7-16(27)28/h1-4,6,12,14-15,21,25-26H,5,7-9,20H2,(H,22,30)(H,23,29)(H,24,31)(H,27,28). The molecule has 0 bridgehead atoms. The predicted octanol–water partition coefficient (Wildman–Crippen LogP) is -2.81. The van der Waals surface area contributed by atoms with Gasteiger partial charge < -0.3 is 42.0 Å². The van der Waals surface area contributed by atoms with E-state index in [1.54, 1.807) is 6.20 Å². The van der Waals surface area contributed by atoms with Gasteiger partial charge in [-0.2, -0.15) is 0 Å². The van der Waals surface area contributed by atoms with Crippen LogP contribution in [0.1, 0.15) is 5.56 Å². The maximum Gasteiger partial charge on any atom is 0.322 e. The second kappa shape index (κ2) is 11.1. The number of carboxylic acid groups (broad SMARTS) is 1. The molecule has 0 saturated heterocycles. The second-order valence-electron chi connectivity index (χ2n) is 6.77. The van der Waals surface area contributed by atoms with E-state index in [4.69, 9.17) is 15.9 Å². The van der Waals surface area contributed by atoms with Gasteiger partial charge in [-0.15, -0.1) is 0 Å². The number of amides is 3. The summed E-state index contributed by atoms with van der Waals surface area (Å²) in [5.41, 5.74) is 7.03. The number of hydrogen-bond acceptors (Lipinski definition) is 7. The van der Waals surface area contributed by atoms with Crippen molar-refractivity contribution in [1.29, 1.82) is 0 Å². The maximum absolute atomic E-state index is 12.8. The highest BCUT2D eigenvalue weighted by Crippen LogP contribution is 2.19. The van der Waals surface area contributed by atoms with E-state index in [0.29, 0.717) is 5.56 Å². The summed E-state index contributed by atoms with van der Waals surface area (Å²) in [6.45, 7) is -2.11. The Hall–Kier alpha value is -3.48. The zero-order chi connectivity index (χ0) is 23.0. The second-order valence-corrected chi connectivity index (χ2v) is 6.77. The molecule has 2 aromatic rings. The van der Waals surface area contributed by atoms with Gasteiger partial charge in [0.1, 0.15) is 24.7 Å². The normalized spacial score (nSPS) is 13.8. The van der Waals surface area contributed by atoms with Gasteiger partial charge in [-0.3, -0.25) is 19.2 Å². The number of aromatic amines is 1. The van der Waals surface area contributed by atoms with Crippen LogP contribution in [-0.2, 0) is 25.6 Å². The number of aliphatic hydroxyl groups excluding tert-OH is 2. The molecular formula is C19H25N5O7. The number of carbonyl (C=O) groups is 4. The predicted molar refractivity (Wildman–Crippen MR) is 109 cm³/mol. The average Bonchev–Trinajstić information content (AvgIpc) is 3.17. The van der Waals surface area contributed by atoms with E-state index in [2.05, 4.69) is 20.9 Å². The topological polar surface area (TPSA) is 207 Å². The molecule has 0 radical (unpaired) electrons.